The van der Waals surface area contributed by atoms with Crippen molar-refractivity contribution in [3.05, 3.63) is 82.0 Å². The van der Waals surface area contributed by atoms with Crippen molar-refractivity contribution in [1.82, 2.24) is 10.6 Å². The normalized spacial score (nSPS) is 16.3. The van der Waals surface area contributed by atoms with Crippen LogP contribution in [-0.2, 0) is 14.3 Å². The highest BCUT2D eigenvalue weighted by Gasteiger charge is 2.37. The molecule has 2 amide bonds. The molecule has 35 heavy (non-hydrogen) atoms. The van der Waals surface area contributed by atoms with Crippen LogP contribution < -0.4 is 10.6 Å². The number of carbonyl (C=O) groups excluding carboxylic acids is 2. The van der Waals surface area contributed by atoms with E-state index >= 15 is 0 Å². The van der Waals surface area contributed by atoms with Crippen LogP contribution in [0.2, 0.25) is 0 Å². The molecule has 2 aromatic carbocycles. The Morgan fingerprint density at radius 2 is 1.60 bits per heavy atom. The number of nitrogens with one attached hydrogen (secondary N) is 2. The van der Waals surface area contributed by atoms with Crippen LogP contribution in [0.3, 0.4) is 0 Å². The van der Waals surface area contributed by atoms with Crippen LogP contribution in [0.1, 0.15) is 47.2 Å². The van der Waals surface area contributed by atoms with Crippen LogP contribution in [-0.4, -0.2) is 35.7 Å². The Morgan fingerprint density at radius 3 is 2.14 bits per heavy atom. The average Bonchev–Trinajstić information content (AvgIpc) is 3.46. The maximum Gasteiger partial charge on any atom is 0.407 e. The monoisotopic (exact) mass is 490 g/mol. The number of carbonyl (C=O) groups is 3. The minimum atomic E-state index is -1.16. The number of thiophene rings is 1. The summed E-state index contributed by atoms with van der Waals surface area (Å²) in [5.74, 6) is -1.79. The first-order valence-corrected chi connectivity index (χ1v) is 12.6. The molecule has 1 aromatic heterocycles. The number of amides is 2. The molecule has 0 radical (unpaired) electrons. The quantitative estimate of drug-likeness (QED) is 0.425. The third-order valence-corrected chi connectivity index (χ3v) is 7.82. The van der Waals surface area contributed by atoms with Gasteiger partial charge in [-0.2, -0.15) is 0 Å². The first-order valence-electron chi connectivity index (χ1n) is 11.7. The van der Waals surface area contributed by atoms with E-state index in [4.69, 9.17) is 4.74 Å². The van der Waals surface area contributed by atoms with Gasteiger partial charge in [-0.25, -0.2) is 9.59 Å². The van der Waals surface area contributed by atoms with Gasteiger partial charge in [0.1, 0.15) is 12.6 Å². The van der Waals surface area contributed by atoms with E-state index in [9.17, 15) is 19.5 Å². The fourth-order valence-electron chi connectivity index (χ4n) is 4.88. The number of alkyl carbamates (subject to hydrolysis) is 1. The largest absolute Gasteiger partial charge is 0.479 e. The number of fused-ring (bicyclic) bond motifs is 3. The molecule has 8 heteroatoms. The Balaban J connectivity index is 1.26. The molecule has 2 aliphatic rings. The molecule has 7 nitrogen and oxygen atoms in total. The molecule has 0 saturated heterocycles. The van der Waals surface area contributed by atoms with Gasteiger partial charge in [0.2, 0.25) is 5.91 Å². The molecule has 0 spiro atoms. The minimum Gasteiger partial charge on any atom is -0.479 e. The van der Waals surface area contributed by atoms with Crippen molar-refractivity contribution >= 4 is 29.3 Å². The Labute approximate surface area is 207 Å². The summed E-state index contributed by atoms with van der Waals surface area (Å²) in [6.45, 7) is 0.145. The maximum absolute atomic E-state index is 13.1. The first kappa shape index (κ1) is 23.1. The Hall–Kier alpha value is -3.65. The number of carboxylic acid groups (broad SMARTS) is 1. The van der Waals surface area contributed by atoms with E-state index in [0.29, 0.717) is 4.88 Å². The molecule has 2 atom stereocenters. The van der Waals surface area contributed by atoms with Crippen molar-refractivity contribution in [2.75, 3.05) is 6.61 Å². The summed E-state index contributed by atoms with van der Waals surface area (Å²) in [6, 6.07) is 17.6. The van der Waals surface area contributed by atoms with E-state index in [2.05, 4.69) is 22.8 Å². The Bertz CT molecular complexity index is 1190. The van der Waals surface area contributed by atoms with Crippen LogP contribution in [0.4, 0.5) is 4.79 Å². The molecule has 180 valence electrons. The van der Waals surface area contributed by atoms with Gasteiger partial charge in [-0.05, 0) is 52.5 Å². The number of benzene rings is 2. The lowest BCUT2D eigenvalue weighted by atomic mass is 9.79. The summed E-state index contributed by atoms with van der Waals surface area (Å²) >= 11 is 1.26. The fourth-order valence-corrected chi connectivity index (χ4v) is 5.65. The lowest BCUT2D eigenvalue weighted by molar-refractivity contribution is -0.142. The molecule has 3 aromatic rings. The third kappa shape index (κ3) is 4.66. The van der Waals surface area contributed by atoms with Crippen LogP contribution >= 0.6 is 11.3 Å². The van der Waals surface area contributed by atoms with E-state index in [-0.39, 0.29) is 18.4 Å². The predicted octanol–water partition coefficient (Wildman–Crippen LogP) is 4.70. The lowest BCUT2D eigenvalue weighted by Gasteiger charge is -2.33. The first-order chi connectivity index (χ1) is 17.0. The van der Waals surface area contributed by atoms with Crippen molar-refractivity contribution in [3.8, 4) is 11.1 Å². The molecular weight excluding hydrogens is 464 g/mol. The van der Waals surface area contributed by atoms with Gasteiger partial charge in [0.15, 0.2) is 6.04 Å². The van der Waals surface area contributed by atoms with Crippen LogP contribution in [0.5, 0.6) is 0 Å². The standard InChI is InChI=1S/C27H26N2O5S/c30-25(28-24(26(31)32)22-13-6-14-35-22)23(16-7-5-8-16)29-27(33)34-15-21-19-11-3-1-9-17(19)18-10-2-4-12-20(18)21/h1-4,6,9-14,16,21,23-24H,5,7-8,15H2,(H,28,30)(H,29,33)(H,31,32). The minimum absolute atomic E-state index is 0.0479. The zero-order valence-electron chi connectivity index (χ0n) is 19.0. The maximum atomic E-state index is 13.1. The fraction of sp³-hybridized carbons (Fsp3) is 0.296. The van der Waals surface area contributed by atoms with E-state index in [1.165, 1.54) is 11.3 Å². The summed E-state index contributed by atoms with van der Waals surface area (Å²) in [6.07, 6.45) is 1.87. The van der Waals surface area contributed by atoms with Gasteiger partial charge in [0.05, 0.1) is 0 Å². The second-order valence-electron chi connectivity index (χ2n) is 8.93. The van der Waals surface area contributed by atoms with Gasteiger partial charge in [-0.3, -0.25) is 4.79 Å². The average molecular weight is 491 g/mol. The number of ether oxygens (including phenoxy) is 1. The number of rotatable bonds is 8. The van der Waals surface area contributed by atoms with Crippen molar-refractivity contribution < 1.29 is 24.2 Å². The van der Waals surface area contributed by atoms with Gasteiger partial charge in [-0.15, -0.1) is 11.3 Å². The number of hydrogen-bond donors (Lipinski definition) is 3. The van der Waals surface area contributed by atoms with Gasteiger partial charge >= 0.3 is 12.1 Å². The van der Waals surface area contributed by atoms with Crippen LogP contribution in [0.25, 0.3) is 11.1 Å². The highest BCUT2D eigenvalue weighted by atomic mass is 32.1. The summed E-state index contributed by atoms with van der Waals surface area (Å²) < 4.78 is 5.62. The highest BCUT2D eigenvalue weighted by molar-refractivity contribution is 7.10. The molecule has 2 unspecified atom stereocenters. The second kappa shape index (κ2) is 9.92. The number of carboxylic acids is 1. The topological polar surface area (TPSA) is 105 Å². The van der Waals surface area contributed by atoms with E-state index in [1.807, 2.05) is 36.4 Å². The highest BCUT2D eigenvalue weighted by Crippen LogP contribution is 2.44. The molecule has 5 rings (SSSR count). The molecule has 1 fully saturated rings. The van der Waals surface area contributed by atoms with Gasteiger partial charge in [-0.1, -0.05) is 61.0 Å². The SMILES string of the molecule is O=C(NC(C(=O)NC(C(=O)O)c1cccs1)C1CCC1)OCC1c2ccccc2-c2ccccc21. The summed E-state index contributed by atoms with van der Waals surface area (Å²) in [4.78, 5) is 38.2. The van der Waals surface area contributed by atoms with Crippen molar-refractivity contribution in [2.45, 2.75) is 37.3 Å². The van der Waals surface area contributed by atoms with Crippen molar-refractivity contribution in [1.29, 1.82) is 0 Å². The van der Waals surface area contributed by atoms with E-state index in [0.717, 1.165) is 41.5 Å². The zero-order chi connectivity index (χ0) is 24.4. The van der Waals surface area contributed by atoms with E-state index < -0.39 is 30.1 Å². The molecule has 1 heterocycles. The summed E-state index contributed by atoms with van der Waals surface area (Å²) in [5, 5.41) is 16.7. The van der Waals surface area contributed by atoms with Gasteiger partial charge in [0.25, 0.3) is 0 Å². The Morgan fingerprint density at radius 1 is 0.943 bits per heavy atom. The number of hydrogen-bond acceptors (Lipinski definition) is 5. The molecular formula is C27H26N2O5S. The lowest BCUT2D eigenvalue weighted by Crippen LogP contribution is -2.54. The molecule has 1 saturated carbocycles. The molecule has 0 aliphatic heterocycles. The molecule has 3 N–H and O–H groups in total. The summed E-state index contributed by atoms with van der Waals surface area (Å²) in [7, 11) is 0. The van der Waals surface area contributed by atoms with Gasteiger partial charge in [0, 0.05) is 10.8 Å². The second-order valence-corrected chi connectivity index (χ2v) is 9.91. The van der Waals surface area contributed by atoms with Crippen LogP contribution in [0, 0.1) is 5.92 Å². The summed E-state index contributed by atoms with van der Waals surface area (Å²) in [5.41, 5.74) is 4.49. The predicted molar refractivity (Wildman–Crippen MR) is 132 cm³/mol. The smallest absolute Gasteiger partial charge is 0.407 e. The van der Waals surface area contributed by atoms with E-state index in [1.54, 1.807) is 17.5 Å². The molecule has 2 aliphatic carbocycles. The number of aliphatic carboxylic acids is 1. The third-order valence-electron chi connectivity index (χ3n) is 6.88. The zero-order valence-corrected chi connectivity index (χ0v) is 19.8. The van der Waals surface area contributed by atoms with Crippen molar-refractivity contribution in [3.63, 3.8) is 0 Å². The Kier molecular flexibility index (Phi) is 6.55. The van der Waals surface area contributed by atoms with Crippen LogP contribution in [0.15, 0.2) is 66.0 Å². The van der Waals surface area contributed by atoms with Crippen molar-refractivity contribution in [2.24, 2.45) is 5.92 Å². The molecule has 0 bridgehead atoms. The van der Waals surface area contributed by atoms with Gasteiger partial charge < -0.3 is 20.5 Å².